The number of carbonyl (C=O) groups is 2. The molecule has 0 amide bonds. The first-order valence-corrected chi connectivity index (χ1v) is 4.09. The van der Waals surface area contributed by atoms with Gasteiger partial charge < -0.3 is 0 Å². The molecule has 0 radical (unpaired) electrons. The van der Waals surface area contributed by atoms with Crippen molar-refractivity contribution in [2.45, 2.75) is 13.0 Å². The lowest BCUT2D eigenvalue weighted by Crippen LogP contribution is -1.97. The maximum atomic E-state index is 10.6. The maximum Gasteiger partial charge on any atom is 0.150 e. The predicted molar refractivity (Wildman–Crippen MR) is 51.4 cm³/mol. The second kappa shape index (κ2) is 4.41. The van der Waals surface area contributed by atoms with Gasteiger partial charge in [-0.3, -0.25) is 9.59 Å². The number of nitroso groups, excluding NO2 is 1. The van der Waals surface area contributed by atoms with E-state index in [-0.39, 0.29) is 0 Å². The van der Waals surface area contributed by atoms with Crippen LogP contribution < -0.4 is 0 Å². The van der Waals surface area contributed by atoms with Crippen LogP contribution >= 0.6 is 0 Å². The second-order valence-electron chi connectivity index (χ2n) is 2.91. The third-order valence-electron chi connectivity index (χ3n) is 1.98. The molecule has 1 rings (SSSR count). The maximum absolute atomic E-state index is 10.6. The van der Waals surface area contributed by atoms with E-state index in [1.54, 1.807) is 6.92 Å². The zero-order valence-corrected chi connectivity index (χ0v) is 7.64. The Morgan fingerprint density at radius 2 is 2.00 bits per heavy atom. The summed E-state index contributed by atoms with van der Waals surface area (Å²) >= 11 is 0. The van der Waals surface area contributed by atoms with E-state index in [1.807, 2.05) is 0 Å². The van der Waals surface area contributed by atoms with Crippen LogP contribution in [0.2, 0.25) is 0 Å². The topological polar surface area (TPSA) is 63.6 Å². The predicted octanol–water partition coefficient (Wildman–Crippen LogP) is 2.14. The fourth-order valence-corrected chi connectivity index (χ4v) is 1.19. The molecule has 0 N–H and O–H groups in total. The van der Waals surface area contributed by atoms with Crippen LogP contribution in [0.1, 0.15) is 39.2 Å². The van der Waals surface area contributed by atoms with E-state index >= 15 is 0 Å². The molecule has 0 saturated carbocycles. The molecule has 0 aromatic heterocycles. The van der Waals surface area contributed by atoms with Gasteiger partial charge in [-0.25, -0.2) is 0 Å². The lowest BCUT2D eigenvalue weighted by Gasteiger charge is -2.06. The van der Waals surface area contributed by atoms with Gasteiger partial charge in [-0.2, -0.15) is 4.91 Å². The van der Waals surface area contributed by atoms with Crippen LogP contribution in [0.3, 0.4) is 0 Å². The quantitative estimate of drug-likeness (QED) is 0.541. The summed E-state index contributed by atoms with van der Waals surface area (Å²) in [7, 11) is 0. The van der Waals surface area contributed by atoms with Gasteiger partial charge in [-0.05, 0) is 18.6 Å². The van der Waals surface area contributed by atoms with Gasteiger partial charge in [0.2, 0.25) is 0 Å². The zero-order valence-electron chi connectivity index (χ0n) is 7.64. The number of nitrogens with zero attached hydrogens (tertiary/aromatic N) is 1. The summed E-state index contributed by atoms with van der Waals surface area (Å²) in [5.41, 5.74) is 1.31. The molecular formula is C10H9NO3. The highest BCUT2D eigenvalue weighted by atomic mass is 16.3. The third-order valence-corrected chi connectivity index (χ3v) is 1.98. The van der Waals surface area contributed by atoms with Crippen molar-refractivity contribution in [2.75, 3.05) is 0 Å². The van der Waals surface area contributed by atoms with Crippen molar-refractivity contribution in [3.05, 3.63) is 39.8 Å². The Morgan fingerprint density at radius 1 is 1.29 bits per heavy atom. The van der Waals surface area contributed by atoms with Gasteiger partial charge in [0.15, 0.2) is 0 Å². The Hall–Kier alpha value is -1.84. The Bertz CT molecular complexity index is 374. The number of hydrogen-bond acceptors (Lipinski definition) is 4. The smallest absolute Gasteiger partial charge is 0.150 e. The number of hydrogen-bond donors (Lipinski definition) is 0. The lowest BCUT2D eigenvalue weighted by atomic mass is 10.0. The number of aldehydes is 2. The SMILES string of the molecule is CC(N=O)c1cc(C=O)ccc1C=O. The van der Waals surface area contributed by atoms with Crippen molar-refractivity contribution in [1.82, 2.24) is 0 Å². The minimum atomic E-state index is -0.616. The summed E-state index contributed by atoms with van der Waals surface area (Å²) in [6.45, 7) is 1.57. The minimum absolute atomic E-state index is 0.391. The Kier molecular flexibility index (Phi) is 3.23. The lowest BCUT2D eigenvalue weighted by molar-refractivity contribution is 0.111. The summed E-state index contributed by atoms with van der Waals surface area (Å²) in [4.78, 5) is 31.4. The number of benzene rings is 1. The molecule has 1 aromatic carbocycles. The summed E-state index contributed by atoms with van der Waals surface area (Å²) in [5.74, 6) is 0. The first-order chi connectivity index (χ1) is 6.72. The number of rotatable bonds is 4. The summed E-state index contributed by atoms with van der Waals surface area (Å²) < 4.78 is 0. The van der Waals surface area contributed by atoms with Gasteiger partial charge in [0.25, 0.3) is 0 Å². The monoisotopic (exact) mass is 191 g/mol. The molecule has 1 aromatic rings. The standard InChI is InChI=1S/C10H9NO3/c1-7(11-14)10-4-8(5-12)2-3-9(10)6-13/h2-7H,1H3. The average molecular weight is 191 g/mol. The minimum Gasteiger partial charge on any atom is -0.298 e. The highest BCUT2D eigenvalue weighted by molar-refractivity contribution is 5.82. The van der Waals surface area contributed by atoms with Crippen molar-refractivity contribution < 1.29 is 9.59 Å². The van der Waals surface area contributed by atoms with Crippen LogP contribution in [0, 0.1) is 4.91 Å². The van der Waals surface area contributed by atoms with Crippen LogP contribution in [-0.4, -0.2) is 12.6 Å². The van der Waals surface area contributed by atoms with E-state index < -0.39 is 6.04 Å². The van der Waals surface area contributed by atoms with Gasteiger partial charge in [-0.1, -0.05) is 17.3 Å². The van der Waals surface area contributed by atoms with E-state index in [0.29, 0.717) is 29.3 Å². The fourth-order valence-electron chi connectivity index (χ4n) is 1.19. The van der Waals surface area contributed by atoms with Gasteiger partial charge in [-0.15, -0.1) is 0 Å². The van der Waals surface area contributed by atoms with Crippen molar-refractivity contribution in [3.63, 3.8) is 0 Å². The molecule has 4 nitrogen and oxygen atoms in total. The molecule has 0 aliphatic rings. The zero-order chi connectivity index (χ0) is 10.6. The molecule has 14 heavy (non-hydrogen) atoms. The van der Waals surface area contributed by atoms with E-state index in [2.05, 4.69) is 5.18 Å². The molecule has 0 spiro atoms. The largest absolute Gasteiger partial charge is 0.298 e. The van der Waals surface area contributed by atoms with Crippen LogP contribution in [0.4, 0.5) is 0 Å². The molecular weight excluding hydrogens is 182 g/mol. The first kappa shape index (κ1) is 10.2. The fraction of sp³-hybridized carbons (Fsp3) is 0.200. The summed E-state index contributed by atoms with van der Waals surface area (Å²) in [6.07, 6.45) is 1.31. The molecule has 0 heterocycles. The van der Waals surface area contributed by atoms with Crippen molar-refractivity contribution in [1.29, 1.82) is 0 Å². The molecule has 0 bridgehead atoms. The Balaban J connectivity index is 3.27. The summed E-state index contributed by atoms with van der Waals surface area (Å²) in [6, 6.07) is 3.92. The van der Waals surface area contributed by atoms with Crippen molar-refractivity contribution in [2.24, 2.45) is 5.18 Å². The molecule has 0 fully saturated rings. The van der Waals surface area contributed by atoms with Gasteiger partial charge >= 0.3 is 0 Å². The normalized spacial score (nSPS) is 11.8. The molecule has 1 atom stereocenters. The summed E-state index contributed by atoms with van der Waals surface area (Å²) in [5, 5.41) is 2.82. The van der Waals surface area contributed by atoms with E-state index in [0.717, 1.165) is 0 Å². The second-order valence-corrected chi connectivity index (χ2v) is 2.91. The molecule has 0 saturated heterocycles. The van der Waals surface area contributed by atoms with Crippen LogP contribution in [0.5, 0.6) is 0 Å². The van der Waals surface area contributed by atoms with Gasteiger partial charge in [0.05, 0.1) is 0 Å². The molecule has 0 aliphatic carbocycles. The molecule has 72 valence electrons. The van der Waals surface area contributed by atoms with Crippen LogP contribution in [0.15, 0.2) is 23.4 Å². The van der Waals surface area contributed by atoms with Crippen molar-refractivity contribution >= 4 is 12.6 Å². The van der Waals surface area contributed by atoms with Crippen LogP contribution in [0.25, 0.3) is 0 Å². The molecule has 0 aliphatic heterocycles. The first-order valence-electron chi connectivity index (χ1n) is 4.09. The Morgan fingerprint density at radius 3 is 2.50 bits per heavy atom. The van der Waals surface area contributed by atoms with Crippen LogP contribution in [-0.2, 0) is 0 Å². The third kappa shape index (κ3) is 1.90. The highest BCUT2D eigenvalue weighted by Crippen LogP contribution is 2.20. The van der Waals surface area contributed by atoms with Gasteiger partial charge in [0, 0.05) is 11.1 Å². The number of carbonyl (C=O) groups excluding carboxylic acids is 2. The van der Waals surface area contributed by atoms with Crippen molar-refractivity contribution in [3.8, 4) is 0 Å². The van der Waals surface area contributed by atoms with E-state index in [4.69, 9.17) is 0 Å². The molecule has 1 unspecified atom stereocenters. The van der Waals surface area contributed by atoms with E-state index in [1.165, 1.54) is 18.2 Å². The highest BCUT2D eigenvalue weighted by Gasteiger charge is 2.10. The van der Waals surface area contributed by atoms with E-state index in [9.17, 15) is 14.5 Å². The Labute approximate surface area is 80.9 Å². The van der Waals surface area contributed by atoms with Gasteiger partial charge in [0.1, 0.15) is 18.6 Å². The average Bonchev–Trinajstić information content (AvgIpc) is 2.27. The molecule has 4 heteroatoms.